The van der Waals surface area contributed by atoms with Crippen LogP contribution in [-0.2, 0) is 29.1 Å². The van der Waals surface area contributed by atoms with Crippen LogP contribution in [0.4, 0.5) is 8.78 Å². The van der Waals surface area contributed by atoms with Gasteiger partial charge in [-0.15, -0.1) is 0 Å². The zero-order valence-electron chi connectivity index (χ0n) is 5.51. The average Bonchev–Trinajstić information content (AvgIpc) is 1.89. The monoisotopic (exact) mass is 218 g/mol. The first-order chi connectivity index (χ1) is 4.54. The number of hydrogen-bond acceptors (Lipinski definition) is 4. The second-order valence-corrected chi connectivity index (χ2v) is 1.01. The van der Waals surface area contributed by atoms with E-state index in [2.05, 4.69) is 0 Å². The first-order valence-corrected chi connectivity index (χ1v) is 2.06. The van der Waals surface area contributed by atoms with E-state index >= 15 is 0 Å². The van der Waals surface area contributed by atoms with Crippen molar-refractivity contribution >= 4 is 11.9 Å². The number of rotatable bonds is 2. The van der Waals surface area contributed by atoms with Gasteiger partial charge in [-0.25, -0.2) is 8.78 Å². The fourth-order valence-electron chi connectivity index (χ4n) is 0. The van der Waals surface area contributed by atoms with Crippen molar-refractivity contribution in [1.29, 1.82) is 0 Å². The molecule has 4 nitrogen and oxygen atoms in total. The Kier molecular flexibility index (Phi) is 18.5. The molecule has 0 N–H and O–H groups in total. The Morgan fingerprint density at radius 2 is 1.09 bits per heavy atom. The van der Waals surface area contributed by atoms with Crippen molar-refractivity contribution in [2.45, 2.75) is 0 Å². The molecular weight excluding hydrogens is 215 g/mol. The molecule has 0 saturated heterocycles. The zero-order chi connectivity index (χ0) is 8.57. The van der Waals surface area contributed by atoms with Crippen LogP contribution in [0.15, 0.2) is 0 Å². The van der Waals surface area contributed by atoms with E-state index in [1.807, 2.05) is 0 Å². The second-order valence-electron chi connectivity index (χ2n) is 1.01. The van der Waals surface area contributed by atoms with Crippen molar-refractivity contribution in [2.75, 3.05) is 13.3 Å². The smallest absolute Gasteiger partial charge is 0.547 e. The van der Waals surface area contributed by atoms with Crippen LogP contribution in [0.1, 0.15) is 0 Å². The van der Waals surface area contributed by atoms with Crippen LogP contribution in [0.2, 0.25) is 0 Å². The fraction of sp³-hybridized carbons (Fsp3) is 0.500. The molecule has 0 rings (SSSR count). The summed E-state index contributed by atoms with van der Waals surface area (Å²) in [6.07, 6.45) is 0. The number of carbonyl (C=O) groups is 2. The predicted molar refractivity (Wildman–Crippen MR) is 22.0 cm³/mol. The molecule has 11 heavy (non-hydrogen) atoms. The maximum Gasteiger partial charge on any atom is 2.00 e. The zero-order valence-corrected chi connectivity index (χ0v) is 8.48. The van der Waals surface area contributed by atoms with Crippen molar-refractivity contribution in [3.63, 3.8) is 0 Å². The molecular formula is C4H4F2O4Zn. The average molecular weight is 219 g/mol. The predicted octanol–water partition coefficient (Wildman–Crippen LogP) is -2.59. The van der Waals surface area contributed by atoms with Crippen molar-refractivity contribution in [1.82, 2.24) is 0 Å². The minimum absolute atomic E-state index is 0. The Morgan fingerprint density at radius 1 is 1.00 bits per heavy atom. The Labute approximate surface area is 74.0 Å². The molecule has 0 bridgehead atoms. The molecule has 0 aliphatic heterocycles. The van der Waals surface area contributed by atoms with E-state index in [0.29, 0.717) is 0 Å². The molecule has 0 aromatic rings. The minimum Gasteiger partial charge on any atom is -0.547 e. The van der Waals surface area contributed by atoms with E-state index in [1.54, 1.807) is 0 Å². The number of carbonyl (C=O) groups excluding carboxylic acids is 2. The molecule has 0 radical (unpaired) electrons. The number of alkyl halides is 2. The Morgan fingerprint density at radius 3 is 1.09 bits per heavy atom. The Balaban J connectivity index is -0.000000107. The third-order valence-electron chi connectivity index (χ3n) is 0.218. The van der Waals surface area contributed by atoms with Crippen LogP contribution in [0, 0.1) is 0 Å². The summed E-state index contributed by atoms with van der Waals surface area (Å²) in [5.41, 5.74) is 0. The SMILES string of the molecule is O=C([O-])CF.O=C([O-])CF.[Zn+2]. The van der Waals surface area contributed by atoms with Gasteiger partial charge >= 0.3 is 19.5 Å². The van der Waals surface area contributed by atoms with E-state index in [1.165, 1.54) is 0 Å². The molecule has 0 saturated carbocycles. The number of aliphatic carboxylic acids is 2. The summed E-state index contributed by atoms with van der Waals surface area (Å²) in [6, 6.07) is 0. The standard InChI is InChI=1S/2C2H3FO2.Zn/c2*3-1-2(4)5;/h2*1H2,(H,4,5);/q;;+2/p-2. The van der Waals surface area contributed by atoms with Crippen LogP contribution in [0.25, 0.3) is 0 Å². The van der Waals surface area contributed by atoms with E-state index in [-0.39, 0.29) is 19.5 Å². The largest absolute Gasteiger partial charge is 2.00 e. The molecule has 0 aliphatic rings. The van der Waals surface area contributed by atoms with E-state index in [9.17, 15) is 8.78 Å². The minimum atomic E-state index is -1.66. The molecule has 0 aromatic heterocycles. The normalized spacial score (nSPS) is 6.73. The van der Waals surface area contributed by atoms with Gasteiger partial charge in [-0.05, 0) is 0 Å². The molecule has 0 aliphatic carbocycles. The molecule has 60 valence electrons. The van der Waals surface area contributed by atoms with Gasteiger partial charge in [0.2, 0.25) is 0 Å². The molecule has 0 unspecified atom stereocenters. The van der Waals surface area contributed by atoms with Crippen molar-refractivity contribution in [3.05, 3.63) is 0 Å². The maximum atomic E-state index is 10.5. The van der Waals surface area contributed by atoms with Gasteiger partial charge in [0, 0.05) is 0 Å². The fourth-order valence-corrected chi connectivity index (χ4v) is 0. The van der Waals surface area contributed by atoms with E-state index in [4.69, 9.17) is 19.8 Å². The molecule has 0 spiro atoms. The van der Waals surface area contributed by atoms with Crippen LogP contribution in [-0.4, -0.2) is 25.3 Å². The van der Waals surface area contributed by atoms with Gasteiger partial charge in [-0.1, -0.05) is 0 Å². The maximum absolute atomic E-state index is 10.5. The van der Waals surface area contributed by atoms with Gasteiger partial charge in [0.25, 0.3) is 0 Å². The quantitative estimate of drug-likeness (QED) is 0.477. The molecule has 0 amide bonds. The first kappa shape index (κ1) is 16.8. The summed E-state index contributed by atoms with van der Waals surface area (Å²) in [5, 5.41) is 17.8. The van der Waals surface area contributed by atoms with Gasteiger partial charge in [-0.2, -0.15) is 0 Å². The third-order valence-corrected chi connectivity index (χ3v) is 0.218. The molecule has 0 atom stereocenters. The van der Waals surface area contributed by atoms with Crippen LogP contribution in [0.3, 0.4) is 0 Å². The van der Waals surface area contributed by atoms with Gasteiger partial charge in [0.05, 0.1) is 11.9 Å². The summed E-state index contributed by atoms with van der Waals surface area (Å²) < 4.78 is 20.9. The van der Waals surface area contributed by atoms with E-state index in [0.717, 1.165) is 0 Å². The number of hydrogen-bond donors (Lipinski definition) is 0. The van der Waals surface area contributed by atoms with Crippen molar-refractivity contribution in [2.24, 2.45) is 0 Å². The Bertz CT molecular complexity index is 105. The van der Waals surface area contributed by atoms with Gasteiger partial charge < -0.3 is 19.8 Å². The topological polar surface area (TPSA) is 80.3 Å². The summed E-state index contributed by atoms with van der Waals surface area (Å²) in [7, 11) is 0. The van der Waals surface area contributed by atoms with Crippen LogP contribution < -0.4 is 10.2 Å². The molecule has 0 aromatic carbocycles. The summed E-state index contributed by atoms with van der Waals surface area (Å²) in [4.78, 5) is 17.8. The third kappa shape index (κ3) is 44.3. The molecule has 0 heterocycles. The van der Waals surface area contributed by atoms with Gasteiger partial charge in [-0.3, -0.25) is 0 Å². The molecule has 7 heteroatoms. The van der Waals surface area contributed by atoms with Crippen molar-refractivity contribution < 1.29 is 48.1 Å². The molecule has 0 fully saturated rings. The summed E-state index contributed by atoms with van der Waals surface area (Å²) >= 11 is 0. The number of halogens is 2. The summed E-state index contributed by atoms with van der Waals surface area (Å²) in [5.74, 6) is -3.32. The number of carboxylic acid groups (broad SMARTS) is 2. The second kappa shape index (κ2) is 12.1. The van der Waals surface area contributed by atoms with Crippen molar-refractivity contribution in [3.8, 4) is 0 Å². The number of carboxylic acids is 2. The van der Waals surface area contributed by atoms with Gasteiger partial charge in [0.1, 0.15) is 13.3 Å². The van der Waals surface area contributed by atoms with E-state index < -0.39 is 25.3 Å². The first-order valence-electron chi connectivity index (χ1n) is 2.06. The summed E-state index contributed by atoms with van der Waals surface area (Å²) in [6.45, 7) is -2.78. The van der Waals surface area contributed by atoms with Crippen LogP contribution >= 0.6 is 0 Å². The van der Waals surface area contributed by atoms with Crippen LogP contribution in [0.5, 0.6) is 0 Å². The van der Waals surface area contributed by atoms with Gasteiger partial charge in [0.15, 0.2) is 0 Å². The Hall–Kier alpha value is -0.577.